The maximum absolute atomic E-state index is 12.8. The molecule has 2 aromatic rings. The highest BCUT2D eigenvalue weighted by Crippen LogP contribution is 2.12. The zero-order chi connectivity index (χ0) is 24.3. The van der Waals surface area contributed by atoms with E-state index in [0.29, 0.717) is 32.6 Å². The molecule has 0 bridgehead atoms. The van der Waals surface area contributed by atoms with E-state index in [1.807, 2.05) is 47.4 Å². The summed E-state index contributed by atoms with van der Waals surface area (Å²) in [6.45, 7) is 3.68. The van der Waals surface area contributed by atoms with Crippen molar-refractivity contribution in [3.8, 4) is 5.75 Å². The van der Waals surface area contributed by atoms with Gasteiger partial charge < -0.3 is 19.9 Å². The van der Waals surface area contributed by atoms with Gasteiger partial charge in [-0.25, -0.2) is 0 Å². The van der Waals surface area contributed by atoms with Gasteiger partial charge in [0.05, 0.1) is 7.11 Å². The lowest BCUT2D eigenvalue weighted by molar-refractivity contribution is -0.141. The smallest absolute Gasteiger partial charge is 0.244 e. The Morgan fingerprint density at radius 2 is 1.62 bits per heavy atom. The Morgan fingerprint density at radius 3 is 2.26 bits per heavy atom. The van der Waals surface area contributed by atoms with Crippen LogP contribution in [-0.4, -0.2) is 66.9 Å². The van der Waals surface area contributed by atoms with E-state index in [1.54, 1.807) is 25.0 Å². The number of nitrogens with one attached hydrogen (secondary N) is 1. The quantitative estimate of drug-likeness (QED) is 0.580. The number of carbonyl (C=O) groups excluding carboxylic acids is 3. The predicted octanol–water partition coefficient (Wildman–Crippen LogP) is 2.91. The molecule has 3 amide bonds. The highest BCUT2D eigenvalue weighted by Gasteiger charge is 2.27. The molecule has 180 valence electrons. The van der Waals surface area contributed by atoms with E-state index in [4.69, 9.17) is 4.74 Å². The molecule has 1 aliphatic heterocycles. The Balaban J connectivity index is 1.38. The number of methoxy groups -OCH3 is 1. The fourth-order valence-corrected chi connectivity index (χ4v) is 3.91. The van der Waals surface area contributed by atoms with Gasteiger partial charge in [0.25, 0.3) is 0 Å². The van der Waals surface area contributed by atoms with Crippen LogP contribution in [-0.2, 0) is 20.8 Å². The average Bonchev–Trinajstić information content (AvgIpc) is 2.88. The molecule has 0 spiro atoms. The van der Waals surface area contributed by atoms with E-state index in [1.165, 1.54) is 11.6 Å². The Morgan fingerprint density at radius 1 is 0.971 bits per heavy atom. The molecule has 0 aliphatic carbocycles. The van der Waals surface area contributed by atoms with Crippen LogP contribution in [0.25, 0.3) is 6.08 Å². The summed E-state index contributed by atoms with van der Waals surface area (Å²) in [5.41, 5.74) is 2.10. The van der Waals surface area contributed by atoms with Gasteiger partial charge in [0.1, 0.15) is 11.8 Å². The lowest BCUT2D eigenvalue weighted by Crippen LogP contribution is -2.55. The summed E-state index contributed by atoms with van der Waals surface area (Å²) in [4.78, 5) is 41.1. The average molecular weight is 464 g/mol. The third kappa shape index (κ3) is 7.47. The molecule has 0 aromatic heterocycles. The largest absolute Gasteiger partial charge is 0.497 e. The number of benzene rings is 2. The van der Waals surface area contributed by atoms with Gasteiger partial charge >= 0.3 is 0 Å². The Kier molecular flexibility index (Phi) is 9.26. The van der Waals surface area contributed by atoms with E-state index >= 15 is 0 Å². The zero-order valence-corrected chi connectivity index (χ0v) is 19.9. The van der Waals surface area contributed by atoms with Gasteiger partial charge in [-0.1, -0.05) is 42.5 Å². The zero-order valence-electron chi connectivity index (χ0n) is 19.9. The SMILES string of the molecule is COc1ccc(/C=C/C(=O)NC(C)C(=O)N2CCN(C(=O)CCCc3ccccc3)CC2)cc1. The number of rotatable bonds is 9. The second-order valence-corrected chi connectivity index (χ2v) is 8.38. The van der Waals surface area contributed by atoms with E-state index in [0.717, 1.165) is 24.2 Å². The lowest BCUT2D eigenvalue weighted by Gasteiger charge is -2.36. The maximum Gasteiger partial charge on any atom is 0.244 e. The van der Waals surface area contributed by atoms with Crippen LogP contribution in [0.15, 0.2) is 60.7 Å². The minimum absolute atomic E-state index is 0.132. The molecule has 2 aromatic carbocycles. The molecule has 1 aliphatic rings. The highest BCUT2D eigenvalue weighted by atomic mass is 16.5. The van der Waals surface area contributed by atoms with Gasteiger partial charge in [-0.15, -0.1) is 0 Å². The second-order valence-electron chi connectivity index (χ2n) is 8.38. The van der Waals surface area contributed by atoms with Crippen molar-refractivity contribution in [2.24, 2.45) is 0 Å². The van der Waals surface area contributed by atoms with Gasteiger partial charge in [-0.2, -0.15) is 0 Å². The molecule has 1 saturated heterocycles. The van der Waals surface area contributed by atoms with Crippen molar-refractivity contribution in [1.29, 1.82) is 0 Å². The van der Waals surface area contributed by atoms with E-state index in [2.05, 4.69) is 17.4 Å². The number of hydrogen-bond acceptors (Lipinski definition) is 4. The molecular formula is C27H33N3O4. The summed E-state index contributed by atoms with van der Waals surface area (Å²) in [5.74, 6) is 0.411. The first-order valence-corrected chi connectivity index (χ1v) is 11.7. The predicted molar refractivity (Wildman–Crippen MR) is 132 cm³/mol. The number of nitrogens with zero attached hydrogens (tertiary/aromatic N) is 2. The second kappa shape index (κ2) is 12.6. The Hall–Kier alpha value is -3.61. The maximum atomic E-state index is 12.8. The molecule has 34 heavy (non-hydrogen) atoms. The minimum atomic E-state index is -0.638. The molecule has 0 saturated carbocycles. The van der Waals surface area contributed by atoms with Gasteiger partial charge in [0, 0.05) is 38.7 Å². The Bertz CT molecular complexity index is 981. The van der Waals surface area contributed by atoms with E-state index in [9.17, 15) is 14.4 Å². The van der Waals surface area contributed by atoms with Gasteiger partial charge in [0.2, 0.25) is 17.7 Å². The van der Waals surface area contributed by atoms with Gasteiger partial charge in [0.15, 0.2) is 0 Å². The van der Waals surface area contributed by atoms with Crippen molar-refractivity contribution in [1.82, 2.24) is 15.1 Å². The van der Waals surface area contributed by atoms with Crippen LogP contribution in [0.2, 0.25) is 0 Å². The van der Waals surface area contributed by atoms with Gasteiger partial charge in [-0.05, 0) is 49.1 Å². The Labute approximate surface area is 201 Å². The molecule has 1 heterocycles. The normalized spacial score (nSPS) is 14.6. The third-order valence-corrected chi connectivity index (χ3v) is 5.92. The number of aryl methyl sites for hydroxylation is 1. The summed E-state index contributed by atoms with van der Waals surface area (Å²) >= 11 is 0. The molecule has 1 atom stereocenters. The van der Waals surface area contributed by atoms with Crippen molar-refractivity contribution in [2.45, 2.75) is 32.2 Å². The van der Waals surface area contributed by atoms with Crippen LogP contribution in [0.5, 0.6) is 5.75 Å². The number of piperazine rings is 1. The summed E-state index contributed by atoms with van der Waals surface area (Å²) in [5, 5.41) is 2.73. The van der Waals surface area contributed by atoms with Crippen LogP contribution in [0.1, 0.15) is 30.9 Å². The fourth-order valence-electron chi connectivity index (χ4n) is 3.91. The number of hydrogen-bond donors (Lipinski definition) is 1. The van der Waals surface area contributed by atoms with Crippen molar-refractivity contribution in [3.63, 3.8) is 0 Å². The van der Waals surface area contributed by atoms with Crippen LogP contribution in [0, 0.1) is 0 Å². The molecule has 1 fully saturated rings. The highest BCUT2D eigenvalue weighted by molar-refractivity contribution is 5.95. The molecule has 7 heteroatoms. The molecular weight excluding hydrogens is 430 g/mol. The van der Waals surface area contributed by atoms with Gasteiger partial charge in [-0.3, -0.25) is 14.4 Å². The van der Waals surface area contributed by atoms with Crippen molar-refractivity contribution in [3.05, 3.63) is 71.8 Å². The standard InChI is InChI=1S/C27H33N3O4/c1-21(28-25(31)16-13-23-11-14-24(34-2)15-12-23)27(33)30-19-17-29(18-20-30)26(32)10-6-9-22-7-4-3-5-8-22/h3-5,7-8,11-16,21H,6,9-10,17-20H2,1-2H3,(H,28,31)/b16-13+. The van der Waals surface area contributed by atoms with E-state index < -0.39 is 6.04 Å². The topological polar surface area (TPSA) is 79.0 Å². The molecule has 3 rings (SSSR count). The molecule has 1 unspecified atom stereocenters. The number of amides is 3. The van der Waals surface area contributed by atoms with Crippen LogP contribution in [0.3, 0.4) is 0 Å². The first-order valence-electron chi connectivity index (χ1n) is 11.7. The summed E-state index contributed by atoms with van der Waals surface area (Å²) < 4.78 is 5.12. The van der Waals surface area contributed by atoms with Crippen LogP contribution < -0.4 is 10.1 Å². The number of carbonyl (C=O) groups is 3. The van der Waals surface area contributed by atoms with E-state index in [-0.39, 0.29) is 17.7 Å². The molecule has 7 nitrogen and oxygen atoms in total. The first-order chi connectivity index (χ1) is 16.5. The van der Waals surface area contributed by atoms with Crippen molar-refractivity contribution in [2.75, 3.05) is 33.3 Å². The van der Waals surface area contributed by atoms with Crippen molar-refractivity contribution < 1.29 is 19.1 Å². The molecule has 1 N–H and O–H groups in total. The third-order valence-electron chi connectivity index (χ3n) is 5.92. The first kappa shape index (κ1) is 25.0. The molecule has 0 radical (unpaired) electrons. The lowest BCUT2D eigenvalue weighted by atomic mass is 10.1. The minimum Gasteiger partial charge on any atom is -0.497 e. The fraction of sp³-hybridized carbons (Fsp3) is 0.370. The van der Waals surface area contributed by atoms with Crippen LogP contribution in [0.4, 0.5) is 0 Å². The monoisotopic (exact) mass is 463 g/mol. The van der Waals surface area contributed by atoms with Crippen molar-refractivity contribution >= 4 is 23.8 Å². The summed E-state index contributed by atoms with van der Waals surface area (Å²) in [6.07, 6.45) is 5.31. The summed E-state index contributed by atoms with van der Waals surface area (Å²) in [7, 11) is 1.60. The summed E-state index contributed by atoms with van der Waals surface area (Å²) in [6, 6.07) is 16.8. The van der Waals surface area contributed by atoms with Crippen LogP contribution >= 0.6 is 0 Å². The number of ether oxygens (including phenoxy) is 1.